The molecule has 0 aliphatic heterocycles. The Balaban J connectivity index is 1.85. The summed E-state index contributed by atoms with van der Waals surface area (Å²) in [6, 6.07) is 6.06. The fraction of sp³-hybridized carbons (Fsp3) is 0.600. The summed E-state index contributed by atoms with van der Waals surface area (Å²) < 4.78 is 0. The lowest BCUT2D eigenvalue weighted by molar-refractivity contribution is 0.278. The molecule has 2 unspecified atom stereocenters. The zero-order valence-corrected chi connectivity index (χ0v) is 11.7. The Labute approximate surface area is 114 Å². The summed E-state index contributed by atoms with van der Waals surface area (Å²) in [5.41, 5.74) is 1.14. The number of hydrogen-bond acceptors (Lipinski definition) is 2. The molecule has 1 aliphatic rings. The molecule has 0 saturated heterocycles. The van der Waals surface area contributed by atoms with Crippen LogP contribution in [-0.4, -0.2) is 11.1 Å². The summed E-state index contributed by atoms with van der Waals surface area (Å²) in [6.07, 6.45) is 6.60. The van der Waals surface area contributed by atoms with Crippen molar-refractivity contribution in [3.63, 3.8) is 0 Å². The Hall–Kier alpha value is -0.730. The number of phenols is 1. The molecular weight excluding hydrogens is 246 g/mol. The van der Waals surface area contributed by atoms with E-state index in [9.17, 15) is 5.11 Å². The quantitative estimate of drug-likeness (QED) is 0.861. The third kappa shape index (κ3) is 3.63. The van der Waals surface area contributed by atoms with Crippen LogP contribution in [0.1, 0.15) is 44.6 Å². The number of aromatic hydroxyl groups is 1. The van der Waals surface area contributed by atoms with Crippen molar-refractivity contribution in [1.82, 2.24) is 5.32 Å². The molecule has 18 heavy (non-hydrogen) atoms. The molecule has 1 aromatic rings. The van der Waals surface area contributed by atoms with Gasteiger partial charge in [0, 0.05) is 12.6 Å². The first-order chi connectivity index (χ1) is 8.69. The summed E-state index contributed by atoms with van der Waals surface area (Å²) in [5.74, 6) is 1.05. The number of nitrogens with one attached hydrogen (secondary N) is 1. The van der Waals surface area contributed by atoms with E-state index in [1.54, 1.807) is 6.07 Å². The van der Waals surface area contributed by atoms with Gasteiger partial charge in [0.25, 0.3) is 0 Å². The zero-order chi connectivity index (χ0) is 13.0. The molecule has 0 heterocycles. The van der Waals surface area contributed by atoms with E-state index in [-0.39, 0.29) is 5.75 Å². The highest BCUT2D eigenvalue weighted by Gasteiger charge is 2.20. The first-order valence-corrected chi connectivity index (χ1v) is 7.27. The van der Waals surface area contributed by atoms with Crippen molar-refractivity contribution in [1.29, 1.82) is 0 Å². The van der Waals surface area contributed by atoms with Gasteiger partial charge in [-0.15, -0.1) is 0 Å². The van der Waals surface area contributed by atoms with Crippen LogP contribution in [0.2, 0.25) is 5.02 Å². The fourth-order valence-corrected chi connectivity index (χ4v) is 2.97. The summed E-state index contributed by atoms with van der Waals surface area (Å²) in [6.45, 7) is 3.12. The number of benzene rings is 1. The van der Waals surface area contributed by atoms with E-state index >= 15 is 0 Å². The average molecular weight is 268 g/mol. The van der Waals surface area contributed by atoms with E-state index in [1.807, 2.05) is 12.1 Å². The van der Waals surface area contributed by atoms with Crippen molar-refractivity contribution in [3.8, 4) is 5.75 Å². The largest absolute Gasteiger partial charge is 0.506 e. The Morgan fingerprint density at radius 3 is 2.94 bits per heavy atom. The highest BCUT2D eigenvalue weighted by Crippen LogP contribution is 2.27. The Kier molecular flexibility index (Phi) is 4.90. The molecule has 0 aromatic heterocycles. The van der Waals surface area contributed by atoms with Crippen molar-refractivity contribution in [2.24, 2.45) is 5.92 Å². The molecule has 2 rings (SSSR count). The molecule has 0 amide bonds. The lowest BCUT2D eigenvalue weighted by Crippen LogP contribution is -2.33. The summed E-state index contributed by atoms with van der Waals surface area (Å²) in [7, 11) is 0. The van der Waals surface area contributed by atoms with Gasteiger partial charge in [-0.05, 0) is 36.5 Å². The SMILES string of the molecule is CCC1CCCC(NCc2ccc(O)c(Cl)c2)C1. The molecule has 0 bridgehead atoms. The second-order valence-electron chi connectivity index (χ2n) is 5.30. The van der Waals surface area contributed by atoms with Gasteiger partial charge in [0.05, 0.1) is 5.02 Å². The minimum Gasteiger partial charge on any atom is -0.506 e. The normalized spacial score (nSPS) is 24.1. The number of halogens is 1. The van der Waals surface area contributed by atoms with Gasteiger partial charge < -0.3 is 10.4 Å². The first-order valence-electron chi connectivity index (χ1n) is 6.89. The topological polar surface area (TPSA) is 32.3 Å². The first kappa shape index (κ1) is 13.7. The lowest BCUT2D eigenvalue weighted by Gasteiger charge is -2.29. The second-order valence-corrected chi connectivity index (χ2v) is 5.71. The highest BCUT2D eigenvalue weighted by atomic mass is 35.5. The minimum absolute atomic E-state index is 0.157. The van der Waals surface area contributed by atoms with Crippen LogP contribution in [0.5, 0.6) is 5.75 Å². The van der Waals surface area contributed by atoms with Gasteiger partial charge in [0.15, 0.2) is 0 Å². The molecule has 3 heteroatoms. The third-order valence-electron chi connectivity index (χ3n) is 3.97. The number of rotatable bonds is 4. The second kappa shape index (κ2) is 6.44. The smallest absolute Gasteiger partial charge is 0.134 e. The zero-order valence-electron chi connectivity index (χ0n) is 11.0. The Bertz CT molecular complexity index is 394. The van der Waals surface area contributed by atoms with Gasteiger partial charge in [-0.25, -0.2) is 0 Å². The molecule has 2 atom stereocenters. The molecule has 0 spiro atoms. The molecule has 1 saturated carbocycles. The van der Waals surface area contributed by atoms with Gasteiger partial charge >= 0.3 is 0 Å². The molecule has 0 radical (unpaired) electrons. The lowest BCUT2D eigenvalue weighted by atomic mass is 9.84. The van der Waals surface area contributed by atoms with Crippen LogP contribution in [0.25, 0.3) is 0 Å². The van der Waals surface area contributed by atoms with E-state index < -0.39 is 0 Å². The fourth-order valence-electron chi connectivity index (χ4n) is 2.77. The maximum Gasteiger partial charge on any atom is 0.134 e. The number of hydrogen-bond donors (Lipinski definition) is 2. The molecule has 1 aromatic carbocycles. The van der Waals surface area contributed by atoms with Gasteiger partial charge in [-0.3, -0.25) is 0 Å². The molecule has 2 nitrogen and oxygen atoms in total. The molecular formula is C15H22ClNO. The van der Waals surface area contributed by atoms with Gasteiger partial charge in [-0.1, -0.05) is 43.9 Å². The van der Waals surface area contributed by atoms with Gasteiger partial charge in [-0.2, -0.15) is 0 Å². The van der Waals surface area contributed by atoms with Crippen LogP contribution < -0.4 is 5.32 Å². The summed E-state index contributed by atoms with van der Waals surface area (Å²) >= 11 is 5.90. The van der Waals surface area contributed by atoms with Crippen LogP contribution >= 0.6 is 11.6 Å². The molecule has 1 aliphatic carbocycles. The van der Waals surface area contributed by atoms with E-state index in [1.165, 1.54) is 32.1 Å². The van der Waals surface area contributed by atoms with Gasteiger partial charge in [0.1, 0.15) is 5.75 Å². The van der Waals surface area contributed by atoms with Crippen LogP contribution in [-0.2, 0) is 6.54 Å². The van der Waals surface area contributed by atoms with Crippen LogP contribution in [0.4, 0.5) is 0 Å². The molecule has 1 fully saturated rings. The molecule has 100 valence electrons. The number of phenolic OH excluding ortho intramolecular Hbond substituents is 1. The Morgan fingerprint density at radius 2 is 2.22 bits per heavy atom. The van der Waals surface area contributed by atoms with Crippen molar-refractivity contribution in [2.45, 2.75) is 51.6 Å². The maximum atomic E-state index is 9.37. The monoisotopic (exact) mass is 267 g/mol. The van der Waals surface area contributed by atoms with E-state index in [0.717, 1.165) is 18.0 Å². The summed E-state index contributed by atoms with van der Waals surface area (Å²) in [5, 5.41) is 13.4. The predicted octanol–water partition coefficient (Wildman–Crippen LogP) is 4.10. The average Bonchev–Trinajstić information content (AvgIpc) is 2.40. The van der Waals surface area contributed by atoms with Crippen molar-refractivity contribution < 1.29 is 5.11 Å². The van der Waals surface area contributed by atoms with E-state index in [0.29, 0.717) is 11.1 Å². The van der Waals surface area contributed by atoms with Crippen molar-refractivity contribution in [2.75, 3.05) is 0 Å². The van der Waals surface area contributed by atoms with Crippen molar-refractivity contribution in [3.05, 3.63) is 28.8 Å². The Morgan fingerprint density at radius 1 is 1.39 bits per heavy atom. The third-order valence-corrected chi connectivity index (χ3v) is 4.27. The standard InChI is InChI=1S/C15H22ClNO/c1-2-11-4-3-5-13(8-11)17-10-12-6-7-15(18)14(16)9-12/h6-7,9,11,13,17-18H,2-5,8,10H2,1H3. The van der Waals surface area contributed by atoms with Crippen molar-refractivity contribution >= 4 is 11.6 Å². The minimum atomic E-state index is 0.157. The highest BCUT2D eigenvalue weighted by molar-refractivity contribution is 6.32. The van der Waals surface area contributed by atoms with E-state index in [2.05, 4.69) is 12.2 Å². The van der Waals surface area contributed by atoms with E-state index in [4.69, 9.17) is 11.6 Å². The summed E-state index contributed by atoms with van der Waals surface area (Å²) in [4.78, 5) is 0. The van der Waals surface area contributed by atoms with Gasteiger partial charge in [0.2, 0.25) is 0 Å². The van der Waals surface area contributed by atoms with Crippen LogP contribution in [0.15, 0.2) is 18.2 Å². The maximum absolute atomic E-state index is 9.37. The van der Waals surface area contributed by atoms with Crippen LogP contribution in [0, 0.1) is 5.92 Å². The van der Waals surface area contributed by atoms with Crippen LogP contribution in [0.3, 0.4) is 0 Å². The molecule has 2 N–H and O–H groups in total. The predicted molar refractivity (Wildman–Crippen MR) is 76.0 cm³/mol.